The number of aromatic nitrogens is 4. The quantitative estimate of drug-likeness (QED) is 0.515. The average molecular weight is 367 g/mol. The van der Waals surface area contributed by atoms with Gasteiger partial charge in [-0.2, -0.15) is 5.10 Å². The zero-order valence-corrected chi connectivity index (χ0v) is 14.2. The number of carbonyl (C=O) groups excluding carboxylic acids is 1. The topological polar surface area (TPSA) is 113 Å². The van der Waals surface area contributed by atoms with Crippen molar-refractivity contribution >= 4 is 33.8 Å². The van der Waals surface area contributed by atoms with E-state index in [9.17, 15) is 14.0 Å². The van der Waals surface area contributed by atoms with Gasteiger partial charge < -0.3 is 9.72 Å². The van der Waals surface area contributed by atoms with Crippen LogP contribution in [0.1, 0.15) is 6.92 Å². The fourth-order valence-corrected chi connectivity index (χ4v) is 2.86. The van der Waals surface area contributed by atoms with Gasteiger partial charge in [-0.3, -0.25) is 10.1 Å². The second-order valence-electron chi connectivity index (χ2n) is 5.73. The van der Waals surface area contributed by atoms with E-state index in [1.165, 1.54) is 18.2 Å². The predicted octanol–water partition coefficient (Wildman–Crippen LogP) is 3.17. The summed E-state index contributed by atoms with van der Waals surface area (Å²) in [7, 11) is 0. The van der Waals surface area contributed by atoms with E-state index >= 15 is 0 Å². The Labute approximate surface area is 151 Å². The Morgan fingerprint density at radius 1 is 1.30 bits per heavy atom. The highest BCUT2D eigenvalue weighted by Gasteiger charge is 2.14. The highest BCUT2D eigenvalue weighted by molar-refractivity contribution is 5.96. The molecule has 2 heterocycles. The van der Waals surface area contributed by atoms with E-state index in [-0.39, 0.29) is 23.3 Å². The number of anilines is 1. The molecule has 2 aromatic carbocycles. The molecule has 4 rings (SSSR count). The highest BCUT2D eigenvalue weighted by Crippen LogP contribution is 2.28. The first kappa shape index (κ1) is 16.7. The smallest absolute Gasteiger partial charge is 0.413 e. The van der Waals surface area contributed by atoms with Gasteiger partial charge in [0.25, 0.3) is 5.56 Å². The molecule has 27 heavy (non-hydrogen) atoms. The number of amides is 1. The van der Waals surface area contributed by atoms with Crippen molar-refractivity contribution in [1.82, 2.24) is 20.2 Å². The fourth-order valence-electron chi connectivity index (χ4n) is 2.86. The first-order chi connectivity index (χ1) is 13.1. The third kappa shape index (κ3) is 2.99. The molecule has 136 valence electrons. The van der Waals surface area contributed by atoms with Crippen LogP contribution in [0.3, 0.4) is 0 Å². The number of hydrogen-bond acceptors (Lipinski definition) is 5. The molecule has 0 aliphatic rings. The molecule has 0 aliphatic carbocycles. The van der Waals surface area contributed by atoms with Crippen molar-refractivity contribution in [2.45, 2.75) is 6.92 Å². The number of benzene rings is 2. The minimum absolute atomic E-state index is 0.140. The van der Waals surface area contributed by atoms with E-state index < -0.39 is 17.5 Å². The molecule has 0 fully saturated rings. The second-order valence-corrected chi connectivity index (χ2v) is 5.73. The molecule has 4 aromatic rings. The zero-order chi connectivity index (χ0) is 19.0. The maximum atomic E-state index is 14.4. The van der Waals surface area contributed by atoms with Crippen LogP contribution >= 0.6 is 0 Å². The largest absolute Gasteiger partial charge is 0.450 e. The van der Waals surface area contributed by atoms with Crippen molar-refractivity contribution in [2.24, 2.45) is 0 Å². The molecule has 9 heteroatoms. The van der Waals surface area contributed by atoms with Gasteiger partial charge in [-0.25, -0.2) is 19.3 Å². The number of hydrogen-bond donors (Lipinski definition) is 3. The number of rotatable bonds is 3. The number of carbonyl (C=O) groups is 1. The normalized spacial score (nSPS) is 11.0. The van der Waals surface area contributed by atoms with Crippen molar-refractivity contribution < 1.29 is 13.9 Å². The summed E-state index contributed by atoms with van der Waals surface area (Å²) >= 11 is 0. The Morgan fingerprint density at radius 2 is 2.15 bits per heavy atom. The molecule has 0 atom stereocenters. The van der Waals surface area contributed by atoms with Crippen LogP contribution in [0.15, 0.2) is 41.2 Å². The first-order valence-corrected chi connectivity index (χ1v) is 8.17. The number of fused-ring (bicyclic) bond motifs is 2. The minimum atomic E-state index is -0.618. The number of nitrogens with one attached hydrogen (secondary N) is 3. The van der Waals surface area contributed by atoms with Gasteiger partial charge in [0, 0.05) is 5.56 Å². The van der Waals surface area contributed by atoms with E-state index in [0.29, 0.717) is 22.3 Å². The van der Waals surface area contributed by atoms with Crippen LogP contribution in [-0.2, 0) is 4.74 Å². The van der Waals surface area contributed by atoms with Crippen molar-refractivity contribution in [3.05, 3.63) is 52.6 Å². The molecule has 0 radical (unpaired) electrons. The molecule has 0 bridgehead atoms. The molecule has 0 spiro atoms. The molecule has 0 saturated carbocycles. The summed E-state index contributed by atoms with van der Waals surface area (Å²) in [6, 6.07) is 9.43. The third-order valence-electron chi connectivity index (χ3n) is 4.02. The Kier molecular flexibility index (Phi) is 4.03. The standard InChI is InChI=1S/C18H14FN5O3/c1-2-27-18(26)22-17-20-12-7-6-9(8-13(12)21-17)15-14-10(16(25)24-23-15)4-3-5-11(14)19/h3-8H,2H2,1H3,(H,24,25)(H2,20,21,22,26). The van der Waals surface area contributed by atoms with Crippen LogP contribution in [-0.4, -0.2) is 32.9 Å². The Balaban J connectivity index is 1.81. The summed E-state index contributed by atoms with van der Waals surface area (Å²) in [5.74, 6) is -0.307. The fraction of sp³-hybridized carbons (Fsp3) is 0.111. The van der Waals surface area contributed by atoms with Crippen molar-refractivity contribution in [3.63, 3.8) is 0 Å². The van der Waals surface area contributed by atoms with Gasteiger partial charge in [0.1, 0.15) is 11.5 Å². The molecule has 3 N–H and O–H groups in total. The molecular formula is C18H14FN5O3. The number of nitrogens with zero attached hydrogens (tertiary/aromatic N) is 2. The van der Waals surface area contributed by atoms with E-state index in [1.807, 2.05) is 0 Å². The monoisotopic (exact) mass is 367 g/mol. The number of ether oxygens (including phenoxy) is 1. The lowest BCUT2D eigenvalue weighted by Gasteiger charge is -2.06. The van der Waals surface area contributed by atoms with Crippen LogP contribution in [0.2, 0.25) is 0 Å². The van der Waals surface area contributed by atoms with Crippen molar-refractivity contribution in [2.75, 3.05) is 11.9 Å². The van der Waals surface area contributed by atoms with Crippen LogP contribution in [0.25, 0.3) is 33.1 Å². The summed E-state index contributed by atoms with van der Waals surface area (Å²) in [5, 5.41) is 9.25. The second kappa shape index (κ2) is 6.52. The van der Waals surface area contributed by atoms with E-state index in [0.717, 1.165) is 0 Å². The summed E-state index contributed by atoms with van der Waals surface area (Å²) in [6.45, 7) is 1.94. The number of aromatic amines is 2. The maximum Gasteiger partial charge on any atom is 0.413 e. The molecule has 0 unspecified atom stereocenters. The van der Waals surface area contributed by atoms with Crippen LogP contribution in [0.5, 0.6) is 0 Å². The van der Waals surface area contributed by atoms with Gasteiger partial charge in [0.05, 0.1) is 28.4 Å². The van der Waals surface area contributed by atoms with E-state index in [4.69, 9.17) is 4.74 Å². The van der Waals surface area contributed by atoms with Gasteiger partial charge in [-0.05, 0) is 31.2 Å². The van der Waals surface area contributed by atoms with Gasteiger partial charge in [0.15, 0.2) is 0 Å². The van der Waals surface area contributed by atoms with E-state index in [2.05, 4.69) is 25.5 Å². The van der Waals surface area contributed by atoms with Crippen LogP contribution in [0, 0.1) is 5.82 Å². The van der Waals surface area contributed by atoms with Gasteiger partial charge in [-0.15, -0.1) is 0 Å². The van der Waals surface area contributed by atoms with Crippen molar-refractivity contribution in [1.29, 1.82) is 0 Å². The molecular weight excluding hydrogens is 353 g/mol. The Morgan fingerprint density at radius 3 is 2.96 bits per heavy atom. The SMILES string of the molecule is CCOC(=O)Nc1nc2cc(-c3n[nH]c(=O)c4cccc(F)c34)ccc2[nH]1. The van der Waals surface area contributed by atoms with E-state index in [1.54, 1.807) is 25.1 Å². The summed E-state index contributed by atoms with van der Waals surface area (Å²) < 4.78 is 19.2. The highest BCUT2D eigenvalue weighted by atomic mass is 19.1. The third-order valence-corrected chi connectivity index (χ3v) is 4.02. The van der Waals surface area contributed by atoms with Gasteiger partial charge in [0.2, 0.25) is 5.95 Å². The summed E-state index contributed by atoms with van der Waals surface area (Å²) in [6.07, 6.45) is -0.618. The maximum absolute atomic E-state index is 14.4. The summed E-state index contributed by atoms with van der Waals surface area (Å²) in [5.41, 5.74) is 1.61. The van der Waals surface area contributed by atoms with Gasteiger partial charge >= 0.3 is 6.09 Å². The first-order valence-electron chi connectivity index (χ1n) is 8.17. The number of halogens is 1. The molecule has 8 nitrogen and oxygen atoms in total. The van der Waals surface area contributed by atoms with Crippen LogP contribution in [0.4, 0.5) is 15.1 Å². The lowest BCUT2D eigenvalue weighted by Crippen LogP contribution is -2.14. The van der Waals surface area contributed by atoms with Crippen LogP contribution < -0.4 is 10.9 Å². The predicted molar refractivity (Wildman–Crippen MR) is 98.1 cm³/mol. The Bertz CT molecular complexity index is 1230. The molecule has 2 aromatic heterocycles. The lowest BCUT2D eigenvalue weighted by atomic mass is 10.0. The molecule has 0 aliphatic heterocycles. The number of imidazole rings is 1. The molecule has 0 saturated heterocycles. The zero-order valence-electron chi connectivity index (χ0n) is 14.2. The lowest BCUT2D eigenvalue weighted by molar-refractivity contribution is 0.167. The van der Waals surface area contributed by atoms with Gasteiger partial charge in [-0.1, -0.05) is 12.1 Å². The van der Waals surface area contributed by atoms with Crippen molar-refractivity contribution in [3.8, 4) is 11.3 Å². The molecule has 1 amide bonds. The number of H-pyrrole nitrogens is 2. The Hall–Kier alpha value is -3.75. The summed E-state index contributed by atoms with van der Waals surface area (Å²) in [4.78, 5) is 30.7. The average Bonchev–Trinajstić information content (AvgIpc) is 3.04. The minimum Gasteiger partial charge on any atom is -0.450 e.